The first-order valence-corrected chi connectivity index (χ1v) is 11.3. The molecule has 0 aromatic heterocycles. The Morgan fingerprint density at radius 3 is 2.65 bits per heavy atom. The van der Waals surface area contributed by atoms with Gasteiger partial charge in [0.2, 0.25) is 5.91 Å². The average molecular weight is 442 g/mol. The molecule has 2 heterocycles. The fraction of sp³-hybridized carbons (Fsp3) is 0.417. The zero-order valence-corrected chi connectivity index (χ0v) is 19.0. The Kier molecular flexibility index (Phi) is 5.64. The van der Waals surface area contributed by atoms with Crippen LogP contribution in [0.3, 0.4) is 0 Å². The van der Waals surface area contributed by atoms with Crippen LogP contribution in [0.2, 0.25) is 0 Å². The topological polar surface area (TPSA) is 84.9 Å². The van der Waals surface area contributed by atoms with Crippen molar-refractivity contribution in [1.29, 1.82) is 0 Å². The number of imide groups is 1. The number of nitrogens with one attached hydrogen (secondary N) is 1. The standard InChI is InChI=1S/C24H27NO5S/c1-13-14(2)21-17(15(3)20(13)26)9-10-24(4,30-21)12-29-18-8-6-5-7-16(18)11-19-22(27)25-23(28)31-19/h5-8,19,26H,9-12H2,1-4H3,(H,25,27,28). The molecule has 4 rings (SSSR count). The van der Waals surface area contributed by atoms with Gasteiger partial charge in [-0.3, -0.25) is 14.9 Å². The van der Waals surface area contributed by atoms with Crippen LogP contribution in [0.15, 0.2) is 24.3 Å². The van der Waals surface area contributed by atoms with Crippen LogP contribution >= 0.6 is 11.8 Å². The minimum atomic E-state index is -0.518. The number of fused-ring (bicyclic) bond motifs is 1. The van der Waals surface area contributed by atoms with Crippen molar-refractivity contribution in [1.82, 2.24) is 5.32 Å². The van der Waals surface area contributed by atoms with Crippen LogP contribution in [-0.2, 0) is 17.6 Å². The third-order valence-electron chi connectivity index (χ3n) is 6.27. The fourth-order valence-electron chi connectivity index (χ4n) is 4.17. The quantitative estimate of drug-likeness (QED) is 0.717. The Labute approximate surface area is 186 Å². The molecule has 31 heavy (non-hydrogen) atoms. The van der Waals surface area contributed by atoms with Crippen molar-refractivity contribution in [2.45, 2.75) is 57.8 Å². The Balaban J connectivity index is 1.51. The number of carbonyl (C=O) groups excluding carboxylic acids is 2. The highest BCUT2D eigenvalue weighted by Crippen LogP contribution is 2.43. The molecule has 164 valence electrons. The second kappa shape index (κ2) is 8.11. The van der Waals surface area contributed by atoms with E-state index >= 15 is 0 Å². The minimum Gasteiger partial charge on any atom is -0.507 e. The lowest BCUT2D eigenvalue weighted by molar-refractivity contribution is -0.118. The molecule has 1 saturated heterocycles. The van der Waals surface area contributed by atoms with Crippen LogP contribution in [0.1, 0.15) is 41.2 Å². The van der Waals surface area contributed by atoms with E-state index in [1.165, 1.54) is 0 Å². The van der Waals surface area contributed by atoms with Gasteiger partial charge in [0.15, 0.2) is 0 Å². The molecular formula is C24H27NO5S. The van der Waals surface area contributed by atoms with Crippen LogP contribution in [-0.4, -0.2) is 33.7 Å². The SMILES string of the molecule is Cc1c(C)c2c(c(C)c1O)CCC(C)(COc1ccccc1CC1SC(=O)NC1=O)O2. The number of thioether (sulfide) groups is 1. The van der Waals surface area contributed by atoms with E-state index in [2.05, 4.69) is 5.32 Å². The number of aromatic hydroxyl groups is 1. The molecule has 0 aliphatic carbocycles. The van der Waals surface area contributed by atoms with Crippen LogP contribution < -0.4 is 14.8 Å². The van der Waals surface area contributed by atoms with Crippen molar-refractivity contribution in [3.63, 3.8) is 0 Å². The summed E-state index contributed by atoms with van der Waals surface area (Å²) in [7, 11) is 0. The molecule has 2 aromatic rings. The van der Waals surface area contributed by atoms with E-state index in [4.69, 9.17) is 9.47 Å². The molecule has 2 N–H and O–H groups in total. The van der Waals surface area contributed by atoms with Gasteiger partial charge in [0.25, 0.3) is 5.24 Å². The van der Waals surface area contributed by atoms with Gasteiger partial charge in [-0.15, -0.1) is 0 Å². The van der Waals surface area contributed by atoms with Crippen LogP contribution in [0.25, 0.3) is 0 Å². The van der Waals surface area contributed by atoms with Gasteiger partial charge in [-0.2, -0.15) is 0 Å². The monoisotopic (exact) mass is 441 g/mol. The first kappa shape index (κ1) is 21.6. The van der Waals surface area contributed by atoms with Gasteiger partial charge in [0.05, 0.1) is 5.25 Å². The first-order valence-electron chi connectivity index (χ1n) is 10.4. The molecule has 0 radical (unpaired) electrons. The van der Waals surface area contributed by atoms with Gasteiger partial charge in [-0.25, -0.2) is 0 Å². The highest BCUT2D eigenvalue weighted by molar-refractivity contribution is 8.15. The minimum absolute atomic E-state index is 0.256. The highest BCUT2D eigenvalue weighted by atomic mass is 32.2. The van der Waals surface area contributed by atoms with E-state index < -0.39 is 10.9 Å². The summed E-state index contributed by atoms with van der Waals surface area (Å²) in [5.41, 5.74) is 4.11. The normalized spacial score (nSPS) is 22.6. The van der Waals surface area contributed by atoms with Gasteiger partial charge in [0.1, 0.15) is 29.5 Å². The number of benzene rings is 2. The Morgan fingerprint density at radius 1 is 1.19 bits per heavy atom. The van der Waals surface area contributed by atoms with E-state index in [9.17, 15) is 14.7 Å². The average Bonchev–Trinajstić information content (AvgIpc) is 3.06. The van der Waals surface area contributed by atoms with Gasteiger partial charge in [-0.1, -0.05) is 30.0 Å². The number of hydrogen-bond acceptors (Lipinski definition) is 6. The van der Waals surface area contributed by atoms with Gasteiger partial charge in [0, 0.05) is 5.56 Å². The van der Waals surface area contributed by atoms with Crippen LogP contribution in [0.5, 0.6) is 17.2 Å². The Morgan fingerprint density at radius 2 is 1.94 bits per heavy atom. The summed E-state index contributed by atoms with van der Waals surface area (Å²) in [4.78, 5) is 23.4. The van der Waals surface area contributed by atoms with Gasteiger partial charge >= 0.3 is 0 Å². The van der Waals surface area contributed by atoms with E-state index in [1.54, 1.807) is 0 Å². The maximum absolute atomic E-state index is 12.0. The van der Waals surface area contributed by atoms with Crippen molar-refractivity contribution >= 4 is 22.9 Å². The number of hydrogen-bond donors (Lipinski definition) is 2. The molecule has 2 unspecified atom stereocenters. The van der Waals surface area contributed by atoms with Crippen LogP contribution in [0, 0.1) is 20.8 Å². The van der Waals surface area contributed by atoms with E-state index in [0.29, 0.717) is 24.5 Å². The van der Waals surface area contributed by atoms with Crippen molar-refractivity contribution in [2.75, 3.05) is 6.61 Å². The smallest absolute Gasteiger partial charge is 0.286 e. The number of amides is 2. The molecule has 2 atom stereocenters. The lowest BCUT2D eigenvalue weighted by Crippen LogP contribution is -2.42. The predicted molar refractivity (Wildman–Crippen MR) is 120 cm³/mol. The zero-order valence-electron chi connectivity index (χ0n) is 18.2. The van der Waals surface area contributed by atoms with Crippen molar-refractivity contribution < 1.29 is 24.2 Å². The number of para-hydroxylation sites is 1. The lowest BCUT2D eigenvalue weighted by Gasteiger charge is -2.37. The Hall–Kier alpha value is -2.67. The maximum atomic E-state index is 12.0. The largest absolute Gasteiger partial charge is 0.507 e. The van der Waals surface area contributed by atoms with Crippen molar-refractivity contribution in [3.05, 3.63) is 52.1 Å². The molecule has 2 aliphatic rings. The molecule has 0 spiro atoms. The number of carbonyl (C=O) groups is 2. The van der Waals surface area contributed by atoms with Crippen molar-refractivity contribution in [3.8, 4) is 17.2 Å². The molecule has 0 bridgehead atoms. The summed E-state index contributed by atoms with van der Waals surface area (Å²) in [6.45, 7) is 8.20. The summed E-state index contributed by atoms with van der Waals surface area (Å²) in [5.74, 6) is 1.63. The predicted octanol–water partition coefficient (Wildman–Crippen LogP) is 4.37. The lowest BCUT2D eigenvalue weighted by atomic mass is 9.87. The molecule has 2 aliphatic heterocycles. The summed E-state index contributed by atoms with van der Waals surface area (Å²) in [6.07, 6.45) is 1.99. The first-order chi connectivity index (χ1) is 14.7. The van der Waals surface area contributed by atoms with E-state index in [-0.39, 0.29) is 11.1 Å². The molecule has 6 nitrogen and oxygen atoms in total. The second-order valence-corrected chi connectivity index (χ2v) is 9.74. The fourth-order valence-corrected chi connectivity index (χ4v) is 5.01. The van der Waals surface area contributed by atoms with E-state index in [0.717, 1.165) is 58.2 Å². The molecule has 0 saturated carbocycles. The van der Waals surface area contributed by atoms with Gasteiger partial charge in [-0.05, 0) is 75.3 Å². The highest BCUT2D eigenvalue weighted by Gasteiger charge is 2.36. The van der Waals surface area contributed by atoms with Crippen molar-refractivity contribution in [2.24, 2.45) is 0 Å². The zero-order chi connectivity index (χ0) is 22.3. The van der Waals surface area contributed by atoms with E-state index in [1.807, 2.05) is 52.0 Å². The van der Waals surface area contributed by atoms with Gasteiger partial charge < -0.3 is 14.6 Å². The summed E-state index contributed by atoms with van der Waals surface area (Å²) in [5, 5.41) is 12.0. The third kappa shape index (κ3) is 4.11. The maximum Gasteiger partial charge on any atom is 0.286 e. The molecular weight excluding hydrogens is 414 g/mol. The molecule has 2 amide bonds. The summed E-state index contributed by atoms with van der Waals surface area (Å²) in [6, 6.07) is 7.60. The molecule has 2 aromatic carbocycles. The number of ether oxygens (including phenoxy) is 2. The van der Waals surface area contributed by atoms with Crippen LogP contribution in [0.4, 0.5) is 4.79 Å². The second-order valence-electron chi connectivity index (χ2n) is 8.57. The third-order valence-corrected chi connectivity index (χ3v) is 7.25. The summed E-state index contributed by atoms with van der Waals surface area (Å²) < 4.78 is 12.6. The number of rotatable bonds is 5. The molecule has 1 fully saturated rings. The number of phenolic OH excluding ortho intramolecular Hbond substituents is 1. The Bertz CT molecular complexity index is 1070. The molecule has 7 heteroatoms. The number of phenols is 1. The summed E-state index contributed by atoms with van der Waals surface area (Å²) >= 11 is 1.02.